The van der Waals surface area contributed by atoms with Gasteiger partial charge < -0.3 is 10.1 Å². The second kappa shape index (κ2) is 8.23. The van der Waals surface area contributed by atoms with E-state index < -0.39 is 0 Å². The van der Waals surface area contributed by atoms with E-state index in [-0.39, 0.29) is 0 Å². The third-order valence-corrected chi connectivity index (χ3v) is 5.18. The summed E-state index contributed by atoms with van der Waals surface area (Å²) in [6.45, 7) is 10.6. The number of rotatable bonds is 7. The third-order valence-electron chi connectivity index (χ3n) is 4.38. The second-order valence-corrected chi connectivity index (χ2v) is 7.53. The molecule has 5 nitrogen and oxygen atoms in total. The smallest absolute Gasteiger partial charge is 0.138 e. The number of aryl methyl sites for hydroxylation is 1. The Morgan fingerprint density at radius 1 is 1.25 bits per heavy atom. The van der Waals surface area contributed by atoms with Crippen LogP contribution in [0.1, 0.15) is 39.4 Å². The number of hydrogen-bond acceptors (Lipinski definition) is 6. The fourth-order valence-corrected chi connectivity index (χ4v) is 4.11. The average Bonchev–Trinajstić information content (AvgIpc) is 3.02. The number of hydrogen-bond donors (Lipinski definition) is 1. The van der Waals surface area contributed by atoms with Gasteiger partial charge in [-0.3, -0.25) is 4.90 Å². The lowest BCUT2D eigenvalue weighted by Gasteiger charge is -2.35. The van der Waals surface area contributed by atoms with Crippen LogP contribution in [0.2, 0.25) is 0 Å². The van der Waals surface area contributed by atoms with Crippen LogP contribution in [0, 0.1) is 0 Å². The molecule has 0 aromatic carbocycles. The number of aromatic nitrogens is 2. The molecule has 1 N–H and O–H groups in total. The van der Waals surface area contributed by atoms with Crippen LogP contribution < -0.4 is 5.32 Å². The molecule has 2 atom stereocenters. The first-order chi connectivity index (χ1) is 11.7. The Labute approximate surface area is 148 Å². The lowest BCUT2D eigenvalue weighted by Crippen LogP contribution is -2.45. The molecule has 24 heavy (non-hydrogen) atoms. The zero-order valence-corrected chi connectivity index (χ0v) is 15.7. The van der Waals surface area contributed by atoms with Crippen molar-refractivity contribution in [2.45, 2.75) is 52.2 Å². The number of nitrogens with zero attached hydrogens (tertiary/aromatic N) is 3. The maximum absolute atomic E-state index is 5.79. The maximum Gasteiger partial charge on any atom is 0.138 e. The molecule has 0 bridgehead atoms. The topological polar surface area (TPSA) is 50.3 Å². The van der Waals surface area contributed by atoms with Gasteiger partial charge in [-0.2, -0.15) is 0 Å². The van der Waals surface area contributed by atoms with E-state index in [0.29, 0.717) is 12.2 Å². The Bertz CT molecular complexity index is 650. The van der Waals surface area contributed by atoms with E-state index >= 15 is 0 Å². The molecule has 0 amide bonds. The molecule has 2 aromatic heterocycles. The summed E-state index contributed by atoms with van der Waals surface area (Å²) in [6.07, 6.45) is 3.93. The minimum Gasteiger partial charge on any atom is -0.373 e. The second-order valence-electron chi connectivity index (χ2n) is 6.63. The van der Waals surface area contributed by atoms with Crippen molar-refractivity contribution in [1.82, 2.24) is 14.9 Å². The molecule has 2 unspecified atom stereocenters. The Morgan fingerprint density at radius 3 is 2.79 bits per heavy atom. The van der Waals surface area contributed by atoms with Crippen molar-refractivity contribution in [3.63, 3.8) is 0 Å². The molecule has 6 heteroatoms. The molecule has 3 rings (SSSR count). The number of anilines is 1. The predicted octanol–water partition coefficient (Wildman–Crippen LogP) is 3.56. The summed E-state index contributed by atoms with van der Waals surface area (Å²) in [6, 6.07) is 2.11. The van der Waals surface area contributed by atoms with Gasteiger partial charge in [0.2, 0.25) is 0 Å². The van der Waals surface area contributed by atoms with Crippen LogP contribution in [0.3, 0.4) is 0 Å². The molecule has 2 aromatic rings. The van der Waals surface area contributed by atoms with Crippen LogP contribution in [-0.2, 0) is 11.2 Å². The molecule has 0 saturated carbocycles. The van der Waals surface area contributed by atoms with Gasteiger partial charge in [-0.15, -0.1) is 11.3 Å². The molecule has 0 radical (unpaired) electrons. The van der Waals surface area contributed by atoms with Crippen molar-refractivity contribution in [3.05, 3.63) is 17.3 Å². The van der Waals surface area contributed by atoms with E-state index in [9.17, 15) is 0 Å². The molecule has 0 aliphatic carbocycles. The number of thiophene rings is 1. The summed E-state index contributed by atoms with van der Waals surface area (Å²) < 4.78 is 5.79. The summed E-state index contributed by atoms with van der Waals surface area (Å²) >= 11 is 1.68. The molecule has 1 fully saturated rings. The highest BCUT2D eigenvalue weighted by atomic mass is 32.1. The van der Waals surface area contributed by atoms with E-state index in [1.807, 2.05) is 0 Å². The van der Waals surface area contributed by atoms with Gasteiger partial charge in [0.05, 0.1) is 17.6 Å². The first kappa shape index (κ1) is 17.6. The fraction of sp³-hybridized carbons (Fsp3) is 0.667. The van der Waals surface area contributed by atoms with Crippen molar-refractivity contribution in [2.24, 2.45) is 0 Å². The lowest BCUT2D eigenvalue weighted by molar-refractivity contribution is -0.0681. The summed E-state index contributed by atoms with van der Waals surface area (Å²) in [5.41, 5.74) is 0. The molecule has 1 aliphatic heterocycles. The number of morpholine rings is 1. The van der Waals surface area contributed by atoms with Crippen LogP contribution in [0.25, 0.3) is 10.2 Å². The Hall–Kier alpha value is -1.24. The van der Waals surface area contributed by atoms with Crippen LogP contribution >= 0.6 is 11.3 Å². The Balaban J connectivity index is 1.46. The molecule has 1 aliphatic rings. The van der Waals surface area contributed by atoms with Gasteiger partial charge in [0.25, 0.3) is 0 Å². The van der Waals surface area contributed by atoms with Gasteiger partial charge in [0.15, 0.2) is 0 Å². The van der Waals surface area contributed by atoms with Gasteiger partial charge in [0.1, 0.15) is 16.5 Å². The number of fused-ring (bicyclic) bond motifs is 1. The molecule has 132 valence electrons. The van der Waals surface area contributed by atoms with Crippen molar-refractivity contribution >= 4 is 27.4 Å². The average molecular weight is 349 g/mol. The molecular formula is C18H28N4OS. The van der Waals surface area contributed by atoms with Gasteiger partial charge in [-0.25, -0.2) is 9.97 Å². The highest BCUT2D eigenvalue weighted by Crippen LogP contribution is 2.25. The summed E-state index contributed by atoms with van der Waals surface area (Å²) in [7, 11) is 0. The quantitative estimate of drug-likeness (QED) is 0.776. The lowest BCUT2D eigenvalue weighted by atomic mass is 10.2. The first-order valence-corrected chi connectivity index (χ1v) is 9.89. The van der Waals surface area contributed by atoms with Crippen LogP contribution in [0.5, 0.6) is 0 Å². The summed E-state index contributed by atoms with van der Waals surface area (Å²) in [5, 5.41) is 6.75. The standard InChI is InChI=1S/C18H28N4OS/c1-4-16-20-17(15-7-10-24-18(15)21-16)19-8-5-6-9-22-11-13(2)23-14(3)12-22/h7,10,13-14H,4-6,8-9,11-12H2,1-3H3,(H,19,20,21). The highest BCUT2D eigenvalue weighted by Gasteiger charge is 2.21. The highest BCUT2D eigenvalue weighted by molar-refractivity contribution is 7.16. The number of unbranched alkanes of at least 4 members (excludes halogenated alkanes) is 1. The van der Waals surface area contributed by atoms with E-state index in [4.69, 9.17) is 4.74 Å². The zero-order valence-electron chi connectivity index (χ0n) is 14.9. The van der Waals surface area contributed by atoms with Crippen molar-refractivity contribution in [1.29, 1.82) is 0 Å². The third kappa shape index (κ3) is 4.43. The van der Waals surface area contributed by atoms with Gasteiger partial charge >= 0.3 is 0 Å². The van der Waals surface area contributed by atoms with Crippen molar-refractivity contribution in [3.8, 4) is 0 Å². The Kier molecular flexibility index (Phi) is 6.03. The van der Waals surface area contributed by atoms with Gasteiger partial charge in [-0.1, -0.05) is 6.92 Å². The van der Waals surface area contributed by atoms with E-state index in [2.05, 4.69) is 52.4 Å². The van der Waals surface area contributed by atoms with E-state index in [0.717, 1.165) is 60.9 Å². The minimum absolute atomic E-state index is 0.354. The number of nitrogens with one attached hydrogen (secondary N) is 1. The van der Waals surface area contributed by atoms with Gasteiger partial charge in [-0.05, 0) is 44.7 Å². The van der Waals surface area contributed by atoms with E-state index in [1.165, 1.54) is 6.42 Å². The molecule has 1 saturated heterocycles. The maximum atomic E-state index is 5.79. The normalized spacial score (nSPS) is 22.1. The monoisotopic (exact) mass is 348 g/mol. The zero-order chi connectivity index (χ0) is 16.9. The minimum atomic E-state index is 0.354. The van der Waals surface area contributed by atoms with Gasteiger partial charge in [0, 0.05) is 26.1 Å². The van der Waals surface area contributed by atoms with Crippen LogP contribution in [0.4, 0.5) is 5.82 Å². The number of ether oxygens (including phenoxy) is 1. The van der Waals surface area contributed by atoms with Crippen LogP contribution in [0.15, 0.2) is 11.4 Å². The molecular weight excluding hydrogens is 320 g/mol. The summed E-state index contributed by atoms with van der Waals surface area (Å²) in [4.78, 5) is 12.8. The van der Waals surface area contributed by atoms with Crippen molar-refractivity contribution in [2.75, 3.05) is 31.5 Å². The Morgan fingerprint density at radius 2 is 2.04 bits per heavy atom. The summed E-state index contributed by atoms with van der Waals surface area (Å²) in [5.74, 6) is 1.91. The predicted molar refractivity (Wildman–Crippen MR) is 101 cm³/mol. The molecule has 0 spiro atoms. The van der Waals surface area contributed by atoms with Crippen molar-refractivity contribution < 1.29 is 4.74 Å². The SMILES string of the molecule is CCc1nc(NCCCCN2CC(C)OC(C)C2)c2ccsc2n1. The molecule has 3 heterocycles. The fourth-order valence-electron chi connectivity index (χ4n) is 3.33. The van der Waals surface area contributed by atoms with E-state index in [1.54, 1.807) is 11.3 Å². The first-order valence-electron chi connectivity index (χ1n) is 9.01. The largest absolute Gasteiger partial charge is 0.373 e. The van der Waals surface area contributed by atoms with Crippen LogP contribution in [-0.4, -0.2) is 53.3 Å².